The van der Waals surface area contributed by atoms with E-state index in [9.17, 15) is 18.4 Å². The van der Waals surface area contributed by atoms with Crippen molar-refractivity contribution in [3.63, 3.8) is 0 Å². The average molecular weight is 283 g/mol. The van der Waals surface area contributed by atoms with E-state index in [0.29, 0.717) is 18.6 Å². The van der Waals surface area contributed by atoms with E-state index in [1.54, 1.807) is 0 Å². The molecule has 2 rings (SSSR count). The van der Waals surface area contributed by atoms with E-state index >= 15 is 0 Å². The molecule has 0 unspecified atom stereocenters. The van der Waals surface area contributed by atoms with Crippen molar-refractivity contribution in [3.05, 3.63) is 29.3 Å². The molecule has 0 fully saturated rings. The summed E-state index contributed by atoms with van der Waals surface area (Å²) in [6.07, 6.45) is 0. The number of hydrogen-bond donors (Lipinski definition) is 0. The molecule has 0 bridgehead atoms. The Hall–Kier alpha value is -1.82. The molecule has 1 aromatic rings. The maximum atomic E-state index is 13.6. The predicted octanol–water partition coefficient (Wildman–Crippen LogP) is 2.17. The maximum absolute atomic E-state index is 13.6. The van der Waals surface area contributed by atoms with Crippen LogP contribution in [0.15, 0.2) is 12.1 Å². The third-order valence-electron chi connectivity index (χ3n) is 2.90. The molecule has 4 nitrogen and oxygen atoms in total. The topological polar surface area (TPSA) is 46.6 Å². The second-order valence-electron chi connectivity index (χ2n) is 5.04. The van der Waals surface area contributed by atoms with Crippen molar-refractivity contribution < 1.29 is 23.1 Å². The smallest absolute Gasteiger partial charge is 0.299 e. The lowest BCUT2D eigenvalue weighted by Crippen LogP contribution is -2.33. The fourth-order valence-electron chi connectivity index (χ4n) is 2.03. The van der Waals surface area contributed by atoms with Gasteiger partial charge in [-0.05, 0) is 12.0 Å². The summed E-state index contributed by atoms with van der Waals surface area (Å²) in [4.78, 5) is 24.5. The summed E-state index contributed by atoms with van der Waals surface area (Å²) in [6, 6.07) is 1.59. The number of carbonyl (C=O) groups excluding carboxylic acids is 2. The monoisotopic (exact) mass is 283 g/mol. The van der Waals surface area contributed by atoms with Crippen LogP contribution in [0.2, 0.25) is 0 Å². The van der Waals surface area contributed by atoms with Gasteiger partial charge in [-0.2, -0.15) is 0 Å². The van der Waals surface area contributed by atoms with Gasteiger partial charge in [0.15, 0.2) is 0 Å². The number of rotatable bonds is 5. The van der Waals surface area contributed by atoms with Crippen LogP contribution in [0.25, 0.3) is 0 Å². The molecule has 1 aromatic carbocycles. The molecule has 1 amide bonds. The lowest BCUT2D eigenvalue weighted by atomic mass is 10.1. The standard InChI is InChI=1S/C14H15F2NO3/c1-8(2)7-20-4-3-17-11-6-9(15)5-10(16)12(11)13(18)14(17)19/h5-6,8H,3-4,7H2,1-2H3. The van der Waals surface area contributed by atoms with E-state index in [1.807, 2.05) is 13.8 Å². The molecule has 0 aliphatic carbocycles. The van der Waals surface area contributed by atoms with Gasteiger partial charge in [-0.3, -0.25) is 9.59 Å². The molecule has 0 saturated carbocycles. The van der Waals surface area contributed by atoms with E-state index < -0.39 is 23.3 Å². The van der Waals surface area contributed by atoms with Gasteiger partial charge in [0.1, 0.15) is 11.6 Å². The highest BCUT2D eigenvalue weighted by molar-refractivity contribution is 6.52. The first kappa shape index (κ1) is 14.6. The fraction of sp³-hybridized carbons (Fsp3) is 0.429. The molecular weight excluding hydrogens is 268 g/mol. The Balaban J connectivity index is 2.16. The number of nitrogens with zero attached hydrogens (tertiary/aromatic N) is 1. The maximum Gasteiger partial charge on any atom is 0.299 e. The van der Waals surface area contributed by atoms with Crippen LogP contribution in [0.3, 0.4) is 0 Å². The van der Waals surface area contributed by atoms with Gasteiger partial charge in [-0.15, -0.1) is 0 Å². The summed E-state index contributed by atoms with van der Waals surface area (Å²) in [5, 5.41) is 0. The Labute approximate surface area is 115 Å². The number of benzene rings is 1. The number of fused-ring (bicyclic) bond motifs is 1. The van der Waals surface area contributed by atoms with Gasteiger partial charge in [0.25, 0.3) is 11.7 Å². The quantitative estimate of drug-likeness (QED) is 0.614. The van der Waals surface area contributed by atoms with Crippen LogP contribution in [0.1, 0.15) is 24.2 Å². The number of amides is 1. The largest absolute Gasteiger partial charge is 0.379 e. The van der Waals surface area contributed by atoms with Crippen LogP contribution in [-0.2, 0) is 9.53 Å². The van der Waals surface area contributed by atoms with Crippen molar-refractivity contribution in [3.8, 4) is 0 Å². The van der Waals surface area contributed by atoms with Crippen LogP contribution < -0.4 is 4.90 Å². The molecule has 0 spiro atoms. The number of halogens is 2. The first-order valence-corrected chi connectivity index (χ1v) is 6.34. The summed E-state index contributed by atoms with van der Waals surface area (Å²) in [7, 11) is 0. The van der Waals surface area contributed by atoms with Crippen LogP contribution in [0, 0.1) is 17.6 Å². The van der Waals surface area contributed by atoms with Crippen LogP contribution in [0.5, 0.6) is 0 Å². The van der Waals surface area contributed by atoms with Crippen molar-refractivity contribution in [2.24, 2.45) is 5.92 Å². The molecule has 0 radical (unpaired) electrons. The van der Waals surface area contributed by atoms with Gasteiger partial charge >= 0.3 is 0 Å². The normalized spacial score (nSPS) is 14.3. The Morgan fingerprint density at radius 1 is 1.25 bits per heavy atom. The molecule has 20 heavy (non-hydrogen) atoms. The number of ether oxygens (including phenoxy) is 1. The molecule has 108 valence electrons. The van der Waals surface area contributed by atoms with Crippen LogP contribution in [-0.4, -0.2) is 31.4 Å². The van der Waals surface area contributed by atoms with Crippen molar-refractivity contribution in [2.45, 2.75) is 13.8 Å². The minimum absolute atomic E-state index is 0.0225. The SMILES string of the molecule is CC(C)COCCN1C(=O)C(=O)c2c(F)cc(F)cc21. The van der Waals surface area contributed by atoms with Crippen molar-refractivity contribution in [1.29, 1.82) is 0 Å². The molecular formula is C14H15F2NO3. The molecule has 0 atom stereocenters. The highest BCUT2D eigenvalue weighted by Crippen LogP contribution is 2.31. The third kappa shape index (κ3) is 2.70. The van der Waals surface area contributed by atoms with Gasteiger partial charge < -0.3 is 9.64 Å². The minimum Gasteiger partial charge on any atom is -0.379 e. The van der Waals surface area contributed by atoms with E-state index in [4.69, 9.17) is 4.74 Å². The van der Waals surface area contributed by atoms with Crippen molar-refractivity contribution >= 4 is 17.4 Å². The lowest BCUT2D eigenvalue weighted by molar-refractivity contribution is -0.114. The highest BCUT2D eigenvalue weighted by Gasteiger charge is 2.38. The zero-order valence-electron chi connectivity index (χ0n) is 11.3. The lowest BCUT2D eigenvalue weighted by Gasteiger charge is -2.17. The fourth-order valence-corrected chi connectivity index (χ4v) is 2.03. The number of hydrogen-bond acceptors (Lipinski definition) is 3. The number of ketones is 1. The summed E-state index contributed by atoms with van der Waals surface area (Å²) in [5.74, 6) is -3.28. The Morgan fingerprint density at radius 2 is 1.95 bits per heavy atom. The van der Waals surface area contributed by atoms with Gasteiger partial charge in [0, 0.05) is 19.2 Å². The summed E-state index contributed by atoms with van der Waals surface area (Å²) >= 11 is 0. The van der Waals surface area contributed by atoms with E-state index in [0.717, 1.165) is 11.0 Å². The zero-order valence-corrected chi connectivity index (χ0v) is 11.3. The zero-order chi connectivity index (χ0) is 14.9. The second-order valence-corrected chi connectivity index (χ2v) is 5.04. The van der Waals surface area contributed by atoms with E-state index in [-0.39, 0.29) is 24.4 Å². The van der Waals surface area contributed by atoms with Gasteiger partial charge in [0.05, 0.1) is 17.9 Å². The summed E-state index contributed by atoms with van der Waals surface area (Å²) < 4.78 is 32.1. The van der Waals surface area contributed by atoms with Gasteiger partial charge in [0.2, 0.25) is 0 Å². The van der Waals surface area contributed by atoms with E-state index in [2.05, 4.69) is 0 Å². The van der Waals surface area contributed by atoms with Crippen molar-refractivity contribution in [2.75, 3.05) is 24.7 Å². The number of Topliss-reactive ketones (excluding diaryl/α,β-unsaturated/α-hetero) is 1. The molecule has 1 aliphatic rings. The second kappa shape index (κ2) is 5.66. The molecule has 0 aromatic heterocycles. The van der Waals surface area contributed by atoms with Crippen molar-refractivity contribution in [1.82, 2.24) is 0 Å². The highest BCUT2D eigenvalue weighted by atomic mass is 19.1. The first-order valence-electron chi connectivity index (χ1n) is 6.34. The minimum atomic E-state index is -1.01. The third-order valence-corrected chi connectivity index (χ3v) is 2.90. The first-order chi connectivity index (χ1) is 9.41. The number of anilines is 1. The van der Waals surface area contributed by atoms with Gasteiger partial charge in [-0.1, -0.05) is 13.8 Å². The molecule has 0 N–H and O–H groups in total. The van der Waals surface area contributed by atoms with Gasteiger partial charge in [-0.25, -0.2) is 8.78 Å². The Kier molecular flexibility index (Phi) is 4.13. The molecule has 6 heteroatoms. The Bertz CT molecular complexity index is 558. The number of carbonyl (C=O) groups is 2. The predicted molar refractivity (Wildman–Crippen MR) is 68.7 cm³/mol. The van der Waals surface area contributed by atoms with E-state index in [1.165, 1.54) is 0 Å². The average Bonchev–Trinajstić information content (AvgIpc) is 2.58. The molecule has 0 saturated heterocycles. The molecule has 1 heterocycles. The van der Waals surface area contributed by atoms with Crippen LogP contribution >= 0.6 is 0 Å². The Morgan fingerprint density at radius 3 is 2.60 bits per heavy atom. The molecule has 1 aliphatic heterocycles. The summed E-state index contributed by atoms with van der Waals surface area (Å²) in [5.41, 5.74) is -0.383. The van der Waals surface area contributed by atoms with Crippen LogP contribution in [0.4, 0.5) is 14.5 Å². The summed E-state index contributed by atoms with van der Waals surface area (Å²) in [6.45, 7) is 4.76.